The van der Waals surface area contributed by atoms with E-state index in [0.29, 0.717) is 34.5 Å². The third-order valence-corrected chi connectivity index (χ3v) is 5.82. The van der Waals surface area contributed by atoms with Crippen LogP contribution in [0.4, 0.5) is 11.4 Å². The smallest absolute Gasteiger partial charge is 0.275 e. The molecule has 1 aliphatic rings. The zero-order chi connectivity index (χ0) is 20.4. The highest BCUT2D eigenvalue weighted by atomic mass is 35.5. The fourth-order valence-corrected chi connectivity index (χ4v) is 4.30. The van der Waals surface area contributed by atoms with Crippen molar-refractivity contribution in [2.24, 2.45) is 0 Å². The first-order valence-electron chi connectivity index (χ1n) is 8.83. The first-order chi connectivity index (χ1) is 14.0. The fraction of sp³-hybridized carbons (Fsp3) is 0.150. The average molecular weight is 447 g/mol. The summed E-state index contributed by atoms with van der Waals surface area (Å²) in [7, 11) is 0. The Labute approximate surface area is 181 Å². The predicted octanol–water partition coefficient (Wildman–Crippen LogP) is 4.31. The number of carbonyl (C=O) groups is 2. The molecule has 2 N–H and O–H groups in total. The molecule has 0 radical (unpaired) electrons. The van der Waals surface area contributed by atoms with Crippen LogP contribution in [0.25, 0.3) is 10.6 Å². The molecule has 0 spiro atoms. The molecular weight excluding hydrogens is 431 g/mol. The molecule has 1 aliphatic heterocycles. The number of anilines is 2. The first kappa shape index (κ1) is 19.7. The van der Waals surface area contributed by atoms with Crippen LogP contribution in [0.3, 0.4) is 0 Å². The summed E-state index contributed by atoms with van der Waals surface area (Å²) >= 11 is 13.8. The summed E-state index contributed by atoms with van der Waals surface area (Å²) in [6.07, 6.45) is 0. The van der Waals surface area contributed by atoms with Crippen molar-refractivity contribution in [1.82, 2.24) is 10.3 Å². The summed E-state index contributed by atoms with van der Waals surface area (Å²) < 4.78 is 0. The summed E-state index contributed by atoms with van der Waals surface area (Å²) in [6.45, 7) is 1.52. The quantitative estimate of drug-likeness (QED) is 0.626. The Balaban J connectivity index is 1.47. The van der Waals surface area contributed by atoms with Crippen LogP contribution in [-0.4, -0.2) is 36.4 Å². The van der Waals surface area contributed by atoms with Crippen LogP contribution in [-0.2, 0) is 4.79 Å². The molecule has 0 bridgehead atoms. The monoisotopic (exact) mass is 446 g/mol. The van der Waals surface area contributed by atoms with Gasteiger partial charge in [-0.15, -0.1) is 11.3 Å². The Hall–Kier alpha value is -2.61. The van der Waals surface area contributed by atoms with Gasteiger partial charge in [-0.3, -0.25) is 9.59 Å². The van der Waals surface area contributed by atoms with E-state index in [1.54, 1.807) is 35.7 Å². The van der Waals surface area contributed by atoms with E-state index in [2.05, 4.69) is 15.6 Å². The van der Waals surface area contributed by atoms with Crippen molar-refractivity contribution in [2.45, 2.75) is 0 Å². The average Bonchev–Trinajstić information content (AvgIpc) is 3.18. The predicted molar refractivity (Wildman–Crippen MR) is 117 cm³/mol. The molecule has 9 heteroatoms. The lowest BCUT2D eigenvalue weighted by Crippen LogP contribution is -2.47. The van der Waals surface area contributed by atoms with Crippen molar-refractivity contribution in [3.05, 3.63) is 63.6 Å². The molecule has 0 aliphatic carbocycles. The van der Waals surface area contributed by atoms with Crippen LogP contribution < -0.4 is 15.5 Å². The van der Waals surface area contributed by atoms with Crippen LogP contribution >= 0.6 is 34.5 Å². The lowest BCUT2D eigenvalue weighted by atomic mass is 10.2. The molecule has 0 atom stereocenters. The molecule has 29 heavy (non-hydrogen) atoms. The van der Waals surface area contributed by atoms with Gasteiger partial charge in [-0.25, -0.2) is 4.98 Å². The van der Waals surface area contributed by atoms with Crippen LogP contribution in [0, 0.1) is 0 Å². The number of halogens is 2. The van der Waals surface area contributed by atoms with Gasteiger partial charge in [0.2, 0.25) is 5.91 Å². The number of carbonyl (C=O) groups excluding carboxylic acids is 2. The molecule has 4 rings (SSSR count). The molecule has 2 heterocycles. The van der Waals surface area contributed by atoms with Crippen LogP contribution in [0.5, 0.6) is 0 Å². The van der Waals surface area contributed by atoms with Gasteiger partial charge < -0.3 is 15.5 Å². The third-order valence-electron chi connectivity index (χ3n) is 4.39. The number of nitrogens with one attached hydrogen (secondary N) is 2. The summed E-state index contributed by atoms with van der Waals surface area (Å²) in [5, 5.41) is 9.09. The number of piperazine rings is 1. The highest BCUT2D eigenvalue weighted by Crippen LogP contribution is 2.30. The van der Waals surface area contributed by atoms with Crippen molar-refractivity contribution >= 4 is 57.7 Å². The van der Waals surface area contributed by atoms with E-state index < -0.39 is 0 Å². The molecule has 0 unspecified atom stereocenters. The van der Waals surface area contributed by atoms with Crippen LogP contribution in [0.15, 0.2) is 47.8 Å². The fourth-order valence-electron chi connectivity index (χ4n) is 3.01. The SMILES string of the molecule is O=C1CN(c2ccc(NC(=O)c3csc(-c4cccc(Cl)c4)n3)cc2Cl)CCN1. The number of amides is 2. The van der Waals surface area contributed by atoms with Gasteiger partial charge in [-0.2, -0.15) is 0 Å². The van der Waals surface area contributed by atoms with Crippen molar-refractivity contribution in [1.29, 1.82) is 0 Å². The zero-order valence-electron chi connectivity index (χ0n) is 15.1. The molecule has 1 saturated heterocycles. The zero-order valence-corrected chi connectivity index (χ0v) is 17.4. The molecule has 3 aromatic rings. The summed E-state index contributed by atoms with van der Waals surface area (Å²) in [6, 6.07) is 12.6. The maximum absolute atomic E-state index is 12.6. The minimum Gasteiger partial charge on any atom is -0.359 e. The Morgan fingerprint density at radius 1 is 1.21 bits per heavy atom. The van der Waals surface area contributed by atoms with Gasteiger partial charge >= 0.3 is 0 Å². The van der Waals surface area contributed by atoms with E-state index >= 15 is 0 Å². The van der Waals surface area contributed by atoms with E-state index in [9.17, 15) is 9.59 Å². The van der Waals surface area contributed by atoms with Gasteiger partial charge in [0.1, 0.15) is 10.7 Å². The number of thiazole rings is 1. The van der Waals surface area contributed by atoms with E-state index in [0.717, 1.165) is 16.3 Å². The minimum absolute atomic E-state index is 0.0382. The van der Waals surface area contributed by atoms with E-state index in [1.807, 2.05) is 17.0 Å². The molecule has 148 valence electrons. The number of hydrogen-bond donors (Lipinski definition) is 2. The molecule has 6 nitrogen and oxygen atoms in total. The molecular formula is C20H16Cl2N4O2S. The topological polar surface area (TPSA) is 74.3 Å². The van der Waals surface area contributed by atoms with Crippen LogP contribution in [0.2, 0.25) is 10.0 Å². The van der Waals surface area contributed by atoms with Gasteiger partial charge in [0.05, 0.1) is 17.3 Å². The molecule has 1 fully saturated rings. The summed E-state index contributed by atoms with van der Waals surface area (Å²) in [5.41, 5.74) is 2.50. The van der Waals surface area contributed by atoms with E-state index in [4.69, 9.17) is 23.2 Å². The number of rotatable bonds is 4. The Kier molecular flexibility index (Phi) is 5.71. The Morgan fingerprint density at radius 3 is 2.83 bits per heavy atom. The summed E-state index contributed by atoms with van der Waals surface area (Å²) in [4.78, 5) is 30.5. The number of benzene rings is 2. The molecule has 2 amide bonds. The highest BCUT2D eigenvalue weighted by molar-refractivity contribution is 7.13. The molecule has 0 saturated carbocycles. The standard InChI is InChI=1S/C20H16Cl2N4O2S/c21-13-3-1-2-12(8-13)20-25-16(11-29-20)19(28)24-14-4-5-17(15(22)9-14)26-7-6-23-18(27)10-26/h1-5,8-9,11H,6-7,10H2,(H,23,27)(H,24,28). The Bertz CT molecular complexity index is 1090. The maximum atomic E-state index is 12.6. The van der Waals surface area contributed by atoms with Crippen molar-refractivity contribution in [3.63, 3.8) is 0 Å². The Morgan fingerprint density at radius 2 is 2.07 bits per heavy atom. The van der Waals surface area contributed by atoms with E-state index in [1.165, 1.54) is 11.3 Å². The largest absolute Gasteiger partial charge is 0.359 e. The second-order valence-corrected chi connectivity index (χ2v) is 8.14. The second-order valence-electron chi connectivity index (χ2n) is 6.44. The number of hydrogen-bond acceptors (Lipinski definition) is 5. The lowest BCUT2D eigenvalue weighted by Gasteiger charge is -2.29. The number of aromatic nitrogens is 1. The van der Waals surface area contributed by atoms with Crippen molar-refractivity contribution < 1.29 is 9.59 Å². The summed E-state index contributed by atoms with van der Waals surface area (Å²) in [5.74, 6) is -0.362. The minimum atomic E-state index is -0.323. The lowest BCUT2D eigenvalue weighted by molar-refractivity contribution is -0.120. The molecule has 2 aromatic carbocycles. The second kappa shape index (κ2) is 8.41. The van der Waals surface area contributed by atoms with Gasteiger partial charge in [0.15, 0.2) is 0 Å². The van der Waals surface area contributed by atoms with Gasteiger partial charge in [-0.05, 0) is 30.3 Å². The first-order valence-corrected chi connectivity index (χ1v) is 10.5. The van der Waals surface area contributed by atoms with Gasteiger partial charge in [0.25, 0.3) is 5.91 Å². The normalized spacial score (nSPS) is 13.9. The van der Waals surface area contributed by atoms with Crippen molar-refractivity contribution in [2.75, 3.05) is 29.9 Å². The number of nitrogens with zero attached hydrogens (tertiary/aromatic N) is 2. The third kappa shape index (κ3) is 4.53. The maximum Gasteiger partial charge on any atom is 0.275 e. The van der Waals surface area contributed by atoms with E-state index in [-0.39, 0.29) is 18.4 Å². The molecule has 1 aromatic heterocycles. The van der Waals surface area contributed by atoms with Crippen LogP contribution in [0.1, 0.15) is 10.5 Å². The van der Waals surface area contributed by atoms with Crippen molar-refractivity contribution in [3.8, 4) is 10.6 Å². The van der Waals surface area contributed by atoms with Gasteiger partial charge in [-0.1, -0.05) is 35.3 Å². The highest BCUT2D eigenvalue weighted by Gasteiger charge is 2.19. The van der Waals surface area contributed by atoms with Gasteiger partial charge in [0, 0.05) is 34.7 Å².